The smallest absolute Gasteiger partial charge is 0.340 e. The van der Waals surface area contributed by atoms with Gasteiger partial charge >= 0.3 is 5.97 Å². The number of non-ortho nitro benzene ring substituents is 1. The number of carbonyl (C=O) groups is 1. The summed E-state index contributed by atoms with van der Waals surface area (Å²) in [5, 5.41) is 19.5. The summed E-state index contributed by atoms with van der Waals surface area (Å²) in [5.74, 6) is -0.685. The van der Waals surface area contributed by atoms with Crippen LogP contribution < -0.4 is 21.6 Å². The van der Waals surface area contributed by atoms with E-state index in [0.717, 1.165) is 9.36 Å². The van der Waals surface area contributed by atoms with E-state index in [0.29, 0.717) is 22.7 Å². The molecule has 0 radical (unpaired) electrons. The molecule has 216 valence electrons. The van der Waals surface area contributed by atoms with Crippen molar-refractivity contribution >= 4 is 28.3 Å². The normalized spacial score (nSPS) is 14.1. The highest BCUT2D eigenvalue weighted by atomic mass is 16.6. The maximum Gasteiger partial charge on any atom is 0.340 e. The van der Waals surface area contributed by atoms with E-state index in [4.69, 9.17) is 15.2 Å². The van der Waals surface area contributed by atoms with Gasteiger partial charge in [-0.15, -0.1) is 5.10 Å². The summed E-state index contributed by atoms with van der Waals surface area (Å²) >= 11 is 0. The van der Waals surface area contributed by atoms with Gasteiger partial charge in [0.1, 0.15) is 35.5 Å². The first-order chi connectivity index (χ1) is 20.8. The van der Waals surface area contributed by atoms with Crippen LogP contribution in [-0.2, 0) is 16.1 Å². The predicted octanol–water partition coefficient (Wildman–Crippen LogP) is 2.52. The van der Waals surface area contributed by atoms with E-state index in [-0.39, 0.29) is 41.1 Å². The SMILES string of the molecule is CCOC(=O)C1=C(N)n2c(=O)c3ccccc3c(=O)n2C1c1ccccc1OCc1cn(-c2ccc([N+](=O)[O-])cc2)nn1. The molecular weight excluding hydrogens is 558 g/mol. The average Bonchev–Trinajstić information content (AvgIpc) is 3.62. The lowest BCUT2D eigenvalue weighted by Gasteiger charge is -2.20. The Morgan fingerprint density at radius 1 is 1.00 bits per heavy atom. The molecule has 43 heavy (non-hydrogen) atoms. The summed E-state index contributed by atoms with van der Waals surface area (Å²) in [4.78, 5) is 51.0. The van der Waals surface area contributed by atoms with Gasteiger partial charge in [-0.25, -0.2) is 14.2 Å². The van der Waals surface area contributed by atoms with Gasteiger partial charge in [0.2, 0.25) is 0 Å². The van der Waals surface area contributed by atoms with Gasteiger partial charge in [-0.3, -0.25) is 19.7 Å². The highest BCUT2D eigenvalue weighted by molar-refractivity contribution is 5.97. The van der Waals surface area contributed by atoms with Crippen molar-refractivity contribution in [3.63, 3.8) is 0 Å². The first kappa shape index (κ1) is 27.1. The molecule has 1 aliphatic rings. The monoisotopic (exact) mass is 581 g/mol. The number of nitrogens with zero attached hydrogens (tertiary/aromatic N) is 6. The third-order valence-electron chi connectivity index (χ3n) is 6.98. The Labute approximate surface area is 241 Å². The minimum absolute atomic E-state index is 0.0486. The van der Waals surface area contributed by atoms with Crippen LogP contribution in [-0.4, -0.2) is 41.9 Å². The maximum absolute atomic E-state index is 13.8. The highest BCUT2D eigenvalue weighted by Gasteiger charge is 2.40. The van der Waals surface area contributed by atoms with Crippen LogP contribution in [0.1, 0.15) is 24.2 Å². The van der Waals surface area contributed by atoms with Gasteiger partial charge in [0, 0.05) is 17.7 Å². The van der Waals surface area contributed by atoms with E-state index >= 15 is 0 Å². The quantitative estimate of drug-likeness (QED) is 0.163. The van der Waals surface area contributed by atoms with Crippen molar-refractivity contribution in [2.75, 3.05) is 6.61 Å². The van der Waals surface area contributed by atoms with Crippen LogP contribution in [0.25, 0.3) is 22.3 Å². The number of esters is 1. The molecule has 1 aliphatic heterocycles. The first-order valence-corrected chi connectivity index (χ1v) is 13.1. The number of para-hydroxylation sites is 1. The van der Waals surface area contributed by atoms with Crippen molar-refractivity contribution in [3.05, 3.63) is 127 Å². The summed E-state index contributed by atoms with van der Waals surface area (Å²) in [6.45, 7) is 1.64. The fraction of sp³-hybridized carbons (Fsp3) is 0.138. The highest BCUT2D eigenvalue weighted by Crippen LogP contribution is 2.38. The van der Waals surface area contributed by atoms with Crippen LogP contribution in [0.15, 0.2) is 94.2 Å². The minimum Gasteiger partial charge on any atom is -0.487 e. The molecule has 0 aliphatic carbocycles. The number of carbonyl (C=O) groups excluding carboxylic acids is 1. The number of rotatable bonds is 8. The van der Waals surface area contributed by atoms with Gasteiger partial charge < -0.3 is 15.2 Å². The summed E-state index contributed by atoms with van der Waals surface area (Å²) in [6, 6.07) is 17.8. The summed E-state index contributed by atoms with van der Waals surface area (Å²) < 4.78 is 15.0. The number of nitro groups is 1. The molecule has 5 aromatic rings. The van der Waals surface area contributed by atoms with Crippen LogP contribution in [0, 0.1) is 10.1 Å². The molecule has 14 nitrogen and oxygen atoms in total. The minimum atomic E-state index is -1.13. The molecule has 0 saturated heterocycles. The number of hydrogen-bond donors (Lipinski definition) is 1. The van der Waals surface area contributed by atoms with Crippen molar-refractivity contribution in [1.82, 2.24) is 24.4 Å². The van der Waals surface area contributed by atoms with E-state index in [1.807, 2.05) is 0 Å². The lowest BCUT2D eigenvalue weighted by molar-refractivity contribution is -0.384. The molecular formula is C29H23N7O7. The van der Waals surface area contributed by atoms with Crippen molar-refractivity contribution in [2.24, 2.45) is 5.73 Å². The lowest BCUT2D eigenvalue weighted by atomic mass is 9.98. The van der Waals surface area contributed by atoms with Crippen LogP contribution in [0.4, 0.5) is 5.69 Å². The van der Waals surface area contributed by atoms with E-state index in [2.05, 4.69) is 10.3 Å². The van der Waals surface area contributed by atoms with Gasteiger partial charge in [-0.05, 0) is 37.3 Å². The van der Waals surface area contributed by atoms with Crippen molar-refractivity contribution in [2.45, 2.75) is 19.6 Å². The Morgan fingerprint density at radius 2 is 1.67 bits per heavy atom. The number of hydrogen-bond acceptors (Lipinski definition) is 10. The summed E-state index contributed by atoms with van der Waals surface area (Å²) in [5.41, 5.74) is 6.56. The zero-order valence-electron chi connectivity index (χ0n) is 22.6. The Balaban J connectivity index is 1.39. The Bertz CT molecular complexity index is 2060. The molecule has 0 spiro atoms. The summed E-state index contributed by atoms with van der Waals surface area (Å²) in [6.07, 6.45) is 1.60. The van der Waals surface area contributed by atoms with Crippen molar-refractivity contribution in [3.8, 4) is 11.4 Å². The van der Waals surface area contributed by atoms with Gasteiger partial charge in [0.15, 0.2) is 0 Å². The zero-order valence-corrected chi connectivity index (χ0v) is 22.6. The number of aromatic nitrogens is 5. The van der Waals surface area contributed by atoms with E-state index < -0.39 is 28.1 Å². The second-order valence-corrected chi connectivity index (χ2v) is 9.49. The van der Waals surface area contributed by atoms with Crippen LogP contribution in [0.3, 0.4) is 0 Å². The van der Waals surface area contributed by atoms with E-state index in [9.17, 15) is 24.5 Å². The number of benzene rings is 3. The number of fused-ring (bicyclic) bond motifs is 2. The van der Waals surface area contributed by atoms with Crippen molar-refractivity contribution in [1.29, 1.82) is 0 Å². The van der Waals surface area contributed by atoms with Gasteiger partial charge in [-0.1, -0.05) is 35.5 Å². The van der Waals surface area contributed by atoms with Crippen LogP contribution in [0.2, 0.25) is 0 Å². The molecule has 0 saturated carbocycles. The van der Waals surface area contributed by atoms with Gasteiger partial charge in [0.05, 0.1) is 34.2 Å². The molecule has 3 aromatic carbocycles. The Hall–Kier alpha value is -6.05. The third-order valence-corrected chi connectivity index (χ3v) is 6.98. The lowest BCUT2D eigenvalue weighted by Crippen LogP contribution is -2.38. The largest absolute Gasteiger partial charge is 0.487 e. The molecule has 14 heteroatoms. The van der Waals surface area contributed by atoms with E-state index in [1.165, 1.54) is 22.9 Å². The van der Waals surface area contributed by atoms with Crippen LogP contribution >= 0.6 is 0 Å². The van der Waals surface area contributed by atoms with Gasteiger partial charge in [-0.2, -0.15) is 4.68 Å². The molecule has 0 amide bonds. The van der Waals surface area contributed by atoms with E-state index in [1.54, 1.807) is 67.7 Å². The standard InChI is InChI=1S/C29H23N7O7/c1-2-42-29(39)24-25(34-27(37)20-7-3-4-8-21(20)28(38)35(34)26(24)30)22-9-5-6-10-23(22)43-16-17-15-33(32-31-17)18-11-13-19(14-12-18)36(40)41/h3-15,25H,2,16,30H2,1H3. The second-order valence-electron chi connectivity index (χ2n) is 9.49. The average molecular weight is 582 g/mol. The molecule has 2 aromatic heterocycles. The molecule has 3 heterocycles. The molecule has 0 fully saturated rings. The summed E-state index contributed by atoms with van der Waals surface area (Å²) in [7, 11) is 0. The zero-order chi connectivity index (χ0) is 30.2. The number of nitrogens with two attached hydrogens (primary N) is 1. The molecule has 6 rings (SSSR count). The fourth-order valence-corrected chi connectivity index (χ4v) is 5.04. The topological polar surface area (TPSA) is 179 Å². The molecule has 0 bridgehead atoms. The molecule has 1 atom stereocenters. The predicted molar refractivity (Wildman–Crippen MR) is 153 cm³/mol. The fourth-order valence-electron chi connectivity index (χ4n) is 5.04. The Kier molecular flexibility index (Phi) is 6.78. The first-order valence-electron chi connectivity index (χ1n) is 13.1. The van der Waals surface area contributed by atoms with Gasteiger partial charge in [0.25, 0.3) is 16.8 Å². The number of ether oxygens (including phenoxy) is 2. The Morgan fingerprint density at radius 3 is 2.37 bits per heavy atom. The molecule has 1 unspecified atom stereocenters. The third kappa shape index (κ3) is 4.60. The molecule has 2 N–H and O–H groups in total. The van der Waals surface area contributed by atoms with Crippen molar-refractivity contribution < 1.29 is 19.2 Å². The maximum atomic E-state index is 13.8. The van der Waals surface area contributed by atoms with Crippen LogP contribution in [0.5, 0.6) is 5.75 Å². The number of nitro benzene ring substituents is 1. The second kappa shape index (κ2) is 10.7.